The average molecular weight is 226 g/mol. The van der Waals surface area contributed by atoms with Gasteiger partial charge in [0.05, 0.1) is 0 Å². The quantitative estimate of drug-likeness (QED) is 0.749. The molecule has 96 valence electrons. The molecule has 0 amide bonds. The van der Waals surface area contributed by atoms with Crippen molar-refractivity contribution in [2.75, 3.05) is 26.7 Å². The Labute approximate surface area is 102 Å². The van der Waals surface area contributed by atoms with Crippen LogP contribution in [0.25, 0.3) is 0 Å². The first-order chi connectivity index (χ1) is 7.52. The van der Waals surface area contributed by atoms with Crippen molar-refractivity contribution >= 4 is 0 Å². The van der Waals surface area contributed by atoms with Gasteiger partial charge >= 0.3 is 0 Å². The highest BCUT2D eigenvalue weighted by Crippen LogP contribution is 2.35. The van der Waals surface area contributed by atoms with E-state index in [9.17, 15) is 0 Å². The molecule has 2 atom stereocenters. The standard InChI is InChI=1S/C14H30N2/c1-6-7-13(4)16(5)11-14(12(2)3)8-9-15-10-14/h12-13,15H,6-11H2,1-5H3. The van der Waals surface area contributed by atoms with Crippen molar-refractivity contribution in [2.45, 2.75) is 53.0 Å². The second-order valence-electron chi connectivity index (χ2n) is 6.00. The van der Waals surface area contributed by atoms with Gasteiger partial charge in [0.1, 0.15) is 0 Å². The first-order valence-electron chi connectivity index (χ1n) is 6.93. The predicted molar refractivity (Wildman–Crippen MR) is 71.8 cm³/mol. The summed E-state index contributed by atoms with van der Waals surface area (Å²) in [5.74, 6) is 0.777. The van der Waals surface area contributed by atoms with Gasteiger partial charge in [0.25, 0.3) is 0 Å². The van der Waals surface area contributed by atoms with E-state index >= 15 is 0 Å². The summed E-state index contributed by atoms with van der Waals surface area (Å²) in [6, 6.07) is 0.723. The first kappa shape index (κ1) is 14.0. The van der Waals surface area contributed by atoms with Crippen LogP contribution >= 0.6 is 0 Å². The topological polar surface area (TPSA) is 15.3 Å². The third-order valence-electron chi connectivity index (χ3n) is 4.52. The molecule has 0 aromatic heterocycles. The van der Waals surface area contributed by atoms with Crippen LogP contribution in [0.1, 0.15) is 47.0 Å². The normalized spacial score (nSPS) is 27.9. The molecule has 2 heteroatoms. The molecule has 2 nitrogen and oxygen atoms in total. The molecule has 0 aromatic carbocycles. The Balaban J connectivity index is 2.55. The van der Waals surface area contributed by atoms with Gasteiger partial charge in [0.15, 0.2) is 0 Å². The third kappa shape index (κ3) is 3.21. The van der Waals surface area contributed by atoms with Gasteiger partial charge in [-0.1, -0.05) is 27.2 Å². The second kappa shape index (κ2) is 6.02. The Morgan fingerprint density at radius 3 is 2.44 bits per heavy atom. The maximum Gasteiger partial charge on any atom is 0.00640 e. The number of hydrogen-bond acceptors (Lipinski definition) is 2. The molecule has 1 heterocycles. The Morgan fingerprint density at radius 2 is 2.00 bits per heavy atom. The zero-order valence-electron chi connectivity index (χ0n) is 11.8. The van der Waals surface area contributed by atoms with E-state index in [0.717, 1.165) is 12.0 Å². The highest BCUT2D eigenvalue weighted by molar-refractivity contribution is 4.92. The lowest BCUT2D eigenvalue weighted by Crippen LogP contribution is -2.44. The van der Waals surface area contributed by atoms with Crippen LogP contribution in [0.2, 0.25) is 0 Å². The minimum Gasteiger partial charge on any atom is -0.316 e. The highest BCUT2D eigenvalue weighted by atomic mass is 15.1. The van der Waals surface area contributed by atoms with E-state index in [-0.39, 0.29) is 0 Å². The zero-order valence-corrected chi connectivity index (χ0v) is 11.8. The predicted octanol–water partition coefficient (Wildman–Crippen LogP) is 2.74. The number of hydrogen-bond donors (Lipinski definition) is 1. The van der Waals surface area contributed by atoms with Crippen molar-refractivity contribution in [2.24, 2.45) is 11.3 Å². The summed E-state index contributed by atoms with van der Waals surface area (Å²) >= 11 is 0. The van der Waals surface area contributed by atoms with Crippen molar-refractivity contribution in [3.8, 4) is 0 Å². The van der Waals surface area contributed by atoms with E-state index in [4.69, 9.17) is 0 Å². The molecular formula is C14H30N2. The lowest BCUT2D eigenvalue weighted by molar-refractivity contribution is 0.108. The van der Waals surface area contributed by atoms with E-state index in [1.54, 1.807) is 0 Å². The summed E-state index contributed by atoms with van der Waals surface area (Å²) < 4.78 is 0. The molecule has 2 unspecified atom stereocenters. The summed E-state index contributed by atoms with van der Waals surface area (Å²) in [5.41, 5.74) is 0.511. The zero-order chi connectivity index (χ0) is 12.2. The Morgan fingerprint density at radius 1 is 1.31 bits per heavy atom. The molecule has 1 N–H and O–H groups in total. The van der Waals surface area contributed by atoms with Crippen LogP contribution in [-0.4, -0.2) is 37.6 Å². The molecule has 1 saturated heterocycles. The van der Waals surface area contributed by atoms with Crippen molar-refractivity contribution in [1.29, 1.82) is 0 Å². The van der Waals surface area contributed by atoms with Gasteiger partial charge < -0.3 is 10.2 Å². The van der Waals surface area contributed by atoms with Crippen LogP contribution in [0.15, 0.2) is 0 Å². The highest BCUT2D eigenvalue weighted by Gasteiger charge is 2.38. The number of nitrogens with one attached hydrogen (secondary N) is 1. The maximum atomic E-state index is 3.54. The molecule has 0 saturated carbocycles. The minimum atomic E-state index is 0.511. The molecule has 0 bridgehead atoms. The van der Waals surface area contributed by atoms with E-state index in [1.165, 1.54) is 38.9 Å². The Kier molecular flexibility index (Phi) is 5.26. The van der Waals surface area contributed by atoms with Gasteiger partial charge in [-0.3, -0.25) is 0 Å². The van der Waals surface area contributed by atoms with E-state index < -0.39 is 0 Å². The van der Waals surface area contributed by atoms with E-state index in [0.29, 0.717) is 5.41 Å². The van der Waals surface area contributed by atoms with Gasteiger partial charge in [-0.15, -0.1) is 0 Å². The fourth-order valence-corrected chi connectivity index (χ4v) is 2.86. The van der Waals surface area contributed by atoms with Crippen LogP contribution in [0.3, 0.4) is 0 Å². The van der Waals surface area contributed by atoms with Gasteiger partial charge in [-0.2, -0.15) is 0 Å². The number of rotatable bonds is 6. The van der Waals surface area contributed by atoms with Gasteiger partial charge in [0.2, 0.25) is 0 Å². The molecule has 0 spiro atoms. The van der Waals surface area contributed by atoms with Crippen molar-refractivity contribution in [3.63, 3.8) is 0 Å². The smallest absolute Gasteiger partial charge is 0.00640 e. The van der Waals surface area contributed by atoms with Crippen LogP contribution in [-0.2, 0) is 0 Å². The SMILES string of the molecule is CCCC(C)N(C)CC1(C(C)C)CCNC1. The molecular weight excluding hydrogens is 196 g/mol. The summed E-state index contributed by atoms with van der Waals surface area (Å²) in [4.78, 5) is 2.57. The Bertz CT molecular complexity index is 195. The molecule has 1 fully saturated rings. The summed E-state index contributed by atoms with van der Waals surface area (Å²) in [6.45, 7) is 13.1. The fourth-order valence-electron chi connectivity index (χ4n) is 2.86. The first-order valence-corrected chi connectivity index (χ1v) is 6.93. The summed E-state index contributed by atoms with van der Waals surface area (Å²) in [5, 5.41) is 3.54. The van der Waals surface area contributed by atoms with Crippen LogP contribution < -0.4 is 5.32 Å². The third-order valence-corrected chi connectivity index (χ3v) is 4.52. The summed E-state index contributed by atoms with van der Waals surface area (Å²) in [6.07, 6.45) is 3.95. The van der Waals surface area contributed by atoms with Crippen molar-refractivity contribution in [1.82, 2.24) is 10.2 Å². The molecule has 1 aliphatic rings. The van der Waals surface area contributed by atoms with Crippen LogP contribution in [0.5, 0.6) is 0 Å². The molecule has 1 rings (SSSR count). The molecule has 16 heavy (non-hydrogen) atoms. The number of nitrogens with zero attached hydrogens (tertiary/aromatic N) is 1. The van der Waals surface area contributed by atoms with Crippen molar-refractivity contribution in [3.05, 3.63) is 0 Å². The molecule has 1 aliphatic heterocycles. The Hall–Kier alpha value is -0.0800. The lowest BCUT2D eigenvalue weighted by Gasteiger charge is -2.39. The molecule has 0 radical (unpaired) electrons. The van der Waals surface area contributed by atoms with Gasteiger partial charge in [0, 0.05) is 19.1 Å². The van der Waals surface area contributed by atoms with Crippen LogP contribution in [0.4, 0.5) is 0 Å². The summed E-state index contributed by atoms with van der Waals surface area (Å²) in [7, 11) is 2.29. The largest absolute Gasteiger partial charge is 0.316 e. The monoisotopic (exact) mass is 226 g/mol. The van der Waals surface area contributed by atoms with E-state index in [2.05, 4.69) is 45.0 Å². The maximum absolute atomic E-state index is 3.54. The van der Waals surface area contributed by atoms with Crippen molar-refractivity contribution < 1.29 is 0 Å². The molecule has 0 aromatic rings. The molecule has 0 aliphatic carbocycles. The van der Waals surface area contributed by atoms with Gasteiger partial charge in [-0.05, 0) is 44.7 Å². The second-order valence-corrected chi connectivity index (χ2v) is 6.00. The average Bonchev–Trinajstić information content (AvgIpc) is 2.68. The van der Waals surface area contributed by atoms with E-state index in [1.807, 2.05) is 0 Å². The lowest BCUT2D eigenvalue weighted by atomic mass is 9.76. The fraction of sp³-hybridized carbons (Fsp3) is 1.00. The van der Waals surface area contributed by atoms with Gasteiger partial charge in [-0.25, -0.2) is 0 Å². The minimum absolute atomic E-state index is 0.511. The van der Waals surface area contributed by atoms with Crippen LogP contribution in [0, 0.1) is 11.3 Å².